The van der Waals surface area contributed by atoms with E-state index in [2.05, 4.69) is 5.32 Å². The molecule has 1 aromatic rings. The Bertz CT molecular complexity index is 464. The minimum atomic E-state index is -0.307. The van der Waals surface area contributed by atoms with Crippen LogP contribution >= 0.6 is 0 Å². The molecule has 0 saturated carbocycles. The number of likely N-dealkylation sites (N-methyl/N-ethyl adjacent to an activating group) is 1. The molecule has 5 nitrogen and oxygen atoms in total. The Morgan fingerprint density at radius 2 is 2.24 bits per heavy atom. The van der Waals surface area contributed by atoms with Gasteiger partial charge in [-0.3, -0.25) is 9.69 Å². The van der Waals surface area contributed by atoms with Crippen molar-refractivity contribution in [2.45, 2.75) is 12.6 Å². The van der Waals surface area contributed by atoms with Gasteiger partial charge in [-0.1, -0.05) is 18.2 Å². The van der Waals surface area contributed by atoms with Crippen molar-refractivity contribution >= 4 is 5.91 Å². The highest BCUT2D eigenvalue weighted by atomic mass is 19.1. The molecule has 116 valence electrons. The minimum absolute atomic E-state index is 0.00289. The van der Waals surface area contributed by atoms with E-state index in [0.717, 1.165) is 0 Å². The first kappa shape index (κ1) is 15.9. The van der Waals surface area contributed by atoms with Gasteiger partial charge in [0.1, 0.15) is 5.82 Å². The van der Waals surface area contributed by atoms with Crippen LogP contribution in [0.15, 0.2) is 24.3 Å². The summed E-state index contributed by atoms with van der Waals surface area (Å²) < 4.78 is 24.3. The lowest BCUT2D eigenvalue weighted by Crippen LogP contribution is -2.42. The Labute approximate surface area is 124 Å². The van der Waals surface area contributed by atoms with Gasteiger partial charge in [-0.15, -0.1) is 0 Å². The van der Waals surface area contributed by atoms with Crippen molar-refractivity contribution in [3.8, 4) is 0 Å². The Morgan fingerprint density at radius 1 is 1.43 bits per heavy atom. The third kappa shape index (κ3) is 5.41. The van der Waals surface area contributed by atoms with Crippen molar-refractivity contribution in [1.82, 2.24) is 10.2 Å². The smallest absolute Gasteiger partial charge is 0.234 e. The molecule has 1 aliphatic rings. The number of carbonyl (C=O) groups is 1. The summed E-state index contributed by atoms with van der Waals surface area (Å²) in [5.41, 5.74) is 0.484. The fourth-order valence-corrected chi connectivity index (χ4v) is 2.19. The summed E-state index contributed by atoms with van der Waals surface area (Å²) in [6.07, 6.45) is 0.00289. The molecule has 1 unspecified atom stereocenters. The zero-order valence-corrected chi connectivity index (χ0v) is 12.2. The second-order valence-corrected chi connectivity index (χ2v) is 5.13. The number of nitrogens with one attached hydrogen (secondary N) is 1. The molecule has 1 heterocycles. The highest BCUT2D eigenvalue weighted by Crippen LogP contribution is 2.05. The Morgan fingerprint density at radius 3 is 2.95 bits per heavy atom. The summed E-state index contributed by atoms with van der Waals surface area (Å²) in [5.74, 6) is -0.448. The second kappa shape index (κ2) is 8.07. The summed E-state index contributed by atoms with van der Waals surface area (Å²) in [6.45, 7) is 2.85. The first-order valence-electron chi connectivity index (χ1n) is 7.03. The maximum Gasteiger partial charge on any atom is 0.234 e. The number of hydrogen-bond donors (Lipinski definition) is 1. The van der Waals surface area contributed by atoms with E-state index in [1.165, 1.54) is 6.07 Å². The molecular formula is C15H21FN2O3. The highest BCUT2D eigenvalue weighted by molar-refractivity contribution is 5.77. The molecule has 1 aromatic carbocycles. The maximum atomic E-state index is 13.4. The molecule has 0 radical (unpaired) electrons. The van der Waals surface area contributed by atoms with Crippen LogP contribution in [0, 0.1) is 5.82 Å². The number of amides is 1. The molecule has 2 rings (SSSR count). The molecule has 0 spiro atoms. The first-order chi connectivity index (χ1) is 10.1. The van der Waals surface area contributed by atoms with Crippen molar-refractivity contribution in [1.29, 1.82) is 0 Å². The van der Waals surface area contributed by atoms with Gasteiger partial charge in [-0.2, -0.15) is 0 Å². The molecule has 0 bridgehead atoms. The predicted molar refractivity (Wildman–Crippen MR) is 76.3 cm³/mol. The zero-order chi connectivity index (χ0) is 15.1. The van der Waals surface area contributed by atoms with Crippen LogP contribution < -0.4 is 5.32 Å². The normalized spacial score (nSPS) is 18.7. The van der Waals surface area contributed by atoms with Crippen LogP contribution in [0.2, 0.25) is 0 Å². The van der Waals surface area contributed by atoms with Crippen molar-refractivity contribution in [2.75, 3.05) is 40.0 Å². The fraction of sp³-hybridized carbons (Fsp3) is 0.533. The molecule has 1 saturated heterocycles. The van der Waals surface area contributed by atoms with Gasteiger partial charge in [0.15, 0.2) is 0 Å². The molecule has 1 N–H and O–H groups in total. The van der Waals surface area contributed by atoms with Gasteiger partial charge in [-0.25, -0.2) is 4.39 Å². The number of ether oxygens (including phenoxy) is 2. The number of rotatable bonds is 6. The van der Waals surface area contributed by atoms with Crippen LogP contribution in [0.4, 0.5) is 4.39 Å². The van der Waals surface area contributed by atoms with E-state index in [9.17, 15) is 9.18 Å². The zero-order valence-electron chi connectivity index (χ0n) is 12.2. The van der Waals surface area contributed by atoms with Gasteiger partial charge in [0.05, 0.1) is 32.5 Å². The molecular weight excluding hydrogens is 275 g/mol. The largest absolute Gasteiger partial charge is 0.376 e. The van der Waals surface area contributed by atoms with E-state index in [0.29, 0.717) is 31.9 Å². The SMILES string of the molecule is CN(CC(=O)NCc1ccccc1F)CC1COCCO1. The van der Waals surface area contributed by atoms with E-state index in [-0.39, 0.29) is 30.9 Å². The fourth-order valence-electron chi connectivity index (χ4n) is 2.19. The third-order valence-corrected chi connectivity index (χ3v) is 3.25. The van der Waals surface area contributed by atoms with Gasteiger partial charge in [0.2, 0.25) is 5.91 Å². The van der Waals surface area contributed by atoms with E-state index >= 15 is 0 Å². The van der Waals surface area contributed by atoms with Crippen molar-refractivity contribution in [3.05, 3.63) is 35.6 Å². The minimum Gasteiger partial charge on any atom is -0.376 e. The lowest BCUT2D eigenvalue weighted by Gasteiger charge is -2.27. The third-order valence-electron chi connectivity index (χ3n) is 3.25. The molecule has 0 aliphatic carbocycles. The number of nitrogens with zero attached hydrogens (tertiary/aromatic N) is 1. The summed E-state index contributed by atoms with van der Waals surface area (Å²) >= 11 is 0. The number of hydrogen-bond acceptors (Lipinski definition) is 4. The lowest BCUT2D eigenvalue weighted by atomic mass is 10.2. The van der Waals surface area contributed by atoms with Gasteiger partial charge in [0, 0.05) is 18.7 Å². The lowest BCUT2D eigenvalue weighted by molar-refractivity contribution is -0.124. The quantitative estimate of drug-likeness (QED) is 0.843. The number of benzene rings is 1. The Balaban J connectivity index is 1.70. The van der Waals surface area contributed by atoms with Crippen LogP contribution in [-0.4, -0.2) is 56.9 Å². The van der Waals surface area contributed by atoms with Gasteiger partial charge >= 0.3 is 0 Å². The Hall–Kier alpha value is -1.50. The summed E-state index contributed by atoms with van der Waals surface area (Å²) in [6, 6.07) is 6.42. The van der Waals surface area contributed by atoms with Crippen LogP contribution in [0.3, 0.4) is 0 Å². The van der Waals surface area contributed by atoms with E-state index in [4.69, 9.17) is 9.47 Å². The highest BCUT2D eigenvalue weighted by Gasteiger charge is 2.17. The van der Waals surface area contributed by atoms with Crippen LogP contribution in [0.1, 0.15) is 5.56 Å². The molecule has 1 aliphatic heterocycles. The van der Waals surface area contributed by atoms with Crippen LogP contribution in [0.25, 0.3) is 0 Å². The second-order valence-electron chi connectivity index (χ2n) is 5.13. The average molecular weight is 296 g/mol. The van der Waals surface area contributed by atoms with E-state index in [1.54, 1.807) is 18.2 Å². The maximum absolute atomic E-state index is 13.4. The summed E-state index contributed by atoms with van der Waals surface area (Å²) in [4.78, 5) is 13.7. The van der Waals surface area contributed by atoms with Crippen molar-refractivity contribution in [2.24, 2.45) is 0 Å². The number of halogens is 1. The van der Waals surface area contributed by atoms with Gasteiger partial charge in [0.25, 0.3) is 0 Å². The average Bonchev–Trinajstić information content (AvgIpc) is 2.47. The number of carbonyl (C=O) groups excluding carboxylic acids is 1. The molecule has 21 heavy (non-hydrogen) atoms. The van der Waals surface area contributed by atoms with Crippen molar-refractivity contribution < 1.29 is 18.7 Å². The molecule has 0 aromatic heterocycles. The monoisotopic (exact) mass is 296 g/mol. The summed E-state index contributed by atoms with van der Waals surface area (Å²) in [7, 11) is 1.85. The van der Waals surface area contributed by atoms with Crippen LogP contribution in [-0.2, 0) is 20.8 Å². The molecule has 1 atom stereocenters. The molecule has 1 fully saturated rings. The topological polar surface area (TPSA) is 50.8 Å². The molecule has 6 heteroatoms. The predicted octanol–water partition coefficient (Wildman–Crippen LogP) is 0.789. The standard InChI is InChI=1S/C15H21FN2O3/c1-18(9-13-11-20-6-7-21-13)10-15(19)17-8-12-4-2-3-5-14(12)16/h2-5,13H,6-11H2,1H3,(H,17,19). The Kier molecular flexibility index (Phi) is 6.10. The molecule has 1 amide bonds. The van der Waals surface area contributed by atoms with E-state index in [1.807, 2.05) is 11.9 Å². The first-order valence-corrected chi connectivity index (χ1v) is 7.03. The van der Waals surface area contributed by atoms with Crippen LogP contribution in [0.5, 0.6) is 0 Å². The summed E-state index contributed by atoms with van der Waals surface area (Å²) in [5, 5.41) is 2.72. The van der Waals surface area contributed by atoms with E-state index < -0.39 is 0 Å². The van der Waals surface area contributed by atoms with Crippen molar-refractivity contribution in [3.63, 3.8) is 0 Å². The van der Waals surface area contributed by atoms with Gasteiger partial charge in [-0.05, 0) is 13.1 Å². The van der Waals surface area contributed by atoms with Gasteiger partial charge < -0.3 is 14.8 Å².